The topological polar surface area (TPSA) is 90.0 Å². The predicted octanol–water partition coefficient (Wildman–Crippen LogP) is 2.00. The number of benzene rings is 1. The maximum Gasteiger partial charge on any atom is 0.244 e. The molecule has 0 radical (unpaired) electrons. The number of anilines is 1. The minimum atomic E-state index is -3.53. The number of morpholine rings is 1. The van der Waals surface area contributed by atoms with E-state index in [0.29, 0.717) is 32.1 Å². The van der Waals surface area contributed by atoms with Crippen LogP contribution in [-0.2, 0) is 14.8 Å². The van der Waals surface area contributed by atoms with Crippen LogP contribution >= 0.6 is 0 Å². The summed E-state index contributed by atoms with van der Waals surface area (Å²) in [7, 11) is -3.53. The second-order valence-corrected chi connectivity index (χ2v) is 8.31. The number of aromatic nitrogens is 1. The summed E-state index contributed by atoms with van der Waals surface area (Å²) in [5, 5.41) is 3.27. The van der Waals surface area contributed by atoms with Crippen molar-refractivity contribution in [3.05, 3.63) is 42.1 Å². The molecule has 0 saturated carbocycles. The SMILES string of the molecule is CC(Nc1ccc(S(=O)(=O)N2CCOCC2)cn1)c1ccc2c(c1)OCO2. The molecule has 3 heterocycles. The molecule has 0 bridgehead atoms. The lowest BCUT2D eigenvalue weighted by Gasteiger charge is -2.26. The summed E-state index contributed by atoms with van der Waals surface area (Å²) >= 11 is 0. The van der Waals surface area contributed by atoms with E-state index in [1.165, 1.54) is 10.5 Å². The molecule has 2 aliphatic heterocycles. The highest BCUT2D eigenvalue weighted by atomic mass is 32.2. The largest absolute Gasteiger partial charge is 0.454 e. The molecule has 0 amide bonds. The van der Waals surface area contributed by atoms with E-state index in [1.807, 2.05) is 25.1 Å². The molecule has 1 fully saturated rings. The molecule has 0 spiro atoms. The third-order valence-electron chi connectivity index (χ3n) is 4.61. The number of pyridine rings is 1. The van der Waals surface area contributed by atoms with Crippen molar-refractivity contribution in [1.82, 2.24) is 9.29 Å². The fourth-order valence-corrected chi connectivity index (χ4v) is 4.40. The van der Waals surface area contributed by atoms with Crippen molar-refractivity contribution in [2.45, 2.75) is 17.9 Å². The van der Waals surface area contributed by atoms with Gasteiger partial charge in [0.05, 0.1) is 19.3 Å². The number of rotatable bonds is 5. The van der Waals surface area contributed by atoms with Crippen molar-refractivity contribution >= 4 is 15.8 Å². The van der Waals surface area contributed by atoms with Crippen LogP contribution in [-0.4, -0.2) is 50.8 Å². The molecule has 1 unspecified atom stereocenters. The smallest absolute Gasteiger partial charge is 0.244 e. The van der Waals surface area contributed by atoms with Gasteiger partial charge in [0, 0.05) is 19.3 Å². The Hall–Kier alpha value is -2.36. The van der Waals surface area contributed by atoms with Crippen LogP contribution in [0.3, 0.4) is 0 Å². The van der Waals surface area contributed by atoms with Gasteiger partial charge in [0.25, 0.3) is 0 Å². The van der Waals surface area contributed by atoms with Gasteiger partial charge in [0.15, 0.2) is 11.5 Å². The zero-order chi connectivity index (χ0) is 18.9. The molecular formula is C18H21N3O5S. The Morgan fingerprint density at radius 1 is 1.11 bits per heavy atom. The van der Waals surface area contributed by atoms with E-state index >= 15 is 0 Å². The maximum atomic E-state index is 12.6. The van der Waals surface area contributed by atoms with Crippen LogP contribution in [0.25, 0.3) is 0 Å². The van der Waals surface area contributed by atoms with Gasteiger partial charge in [-0.2, -0.15) is 4.31 Å². The third-order valence-corrected chi connectivity index (χ3v) is 6.49. The normalized spacial score (nSPS) is 18.3. The summed E-state index contributed by atoms with van der Waals surface area (Å²) in [5.41, 5.74) is 1.02. The highest BCUT2D eigenvalue weighted by Crippen LogP contribution is 2.34. The minimum Gasteiger partial charge on any atom is -0.454 e. The molecule has 2 aliphatic rings. The first-order valence-corrected chi connectivity index (χ1v) is 10.2. The van der Waals surface area contributed by atoms with Gasteiger partial charge in [-0.3, -0.25) is 0 Å². The molecule has 27 heavy (non-hydrogen) atoms. The molecule has 2 aromatic rings. The van der Waals surface area contributed by atoms with E-state index in [1.54, 1.807) is 12.1 Å². The number of nitrogens with one attached hydrogen (secondary N) is 1. The highest BCUT2D eigenvalue weighted by molar-refractivity contribution is 7.89. The van der Waals surface area contributed by atoms with Crippen LogP contribution in [0.5, 0.6) is 11.5 Å². The summed E-state index contributed by atoms with van der Waals surface area (Å²) < 4.78 is 42.6. The number of nitrogens with zero attached hydrogens (tertiary/aromatic N) is 2. The van der Waals surface area contributed by atoms with Crippen LogP contribution in [0, 0.1) is 0 Å². The fourth-order valence-electron chi connectivity index (χ4n) is 3.04. The Morgan fingerprint density at radius 2 is 1.89 bits per heavy atom. The Balaban J connectivity index is 1.46. The monoisotopic (exact) mass is 391 g/mol. The van der Waals surface area contributed by atoms with Crippen molar-refractivity contribution in [2.75, 3.05) is 38.4 Å². The van der Waals surface area contributed by atoms with Gasteiger partial charge in [-0.25, -0.2) is 13.4 Å². The quantitative estimate of drug-likeness (QED) is 0.834. The second kappa shape index (κ2) is 7.34. The molecule has 1 aromatic heterocycles. The predicted molar refractivity (Wildman–Crippen MR) is 98.4 cm³/mol. The van der Waals surface area contributed by atoms with Gasteiger partial charge in [0.1, 0.15) is 10.7 Å². The summed E-state index contributed by atoms with van der Waals surface area (Å²) in [6.07, 6.45) is 1.39. The molecule has 4 rings (SSSR count). The van der Waals surface area contributed by atoms with Crippen molar-refractivity contribution in [1.29, 1.82) is 0 Å². The van der Waals surface area contributed by atoms with Crippen LogP contribution < -0.4 is 14.8 Å². The van der Waals surface area contributed by atoms with Crippen LogP contribution in [0.2, 0.25) is 0 Å². The minimum absolute atomic E-state index is 0.0336. The summed E-state index contributed by atoms with van der Waals surface area (Å²) in [4.78, 5) is 4.46. The maximum absolute atomic E-state index is 12.6. The van der Waals surface area contributed by atoms with Gasteiger partial charge in [-0.1, -0.05) is 6.07 Å². The zero-order valence-electron chi connectivity index (χ0n) is 14.9. The first kappa shape index (κ1) is 18.0. The van der Waals surface area contributed by atoms with Gasteiger partial charge < -0.3 is 19.5 Å². The summed E-state index contributed by atoms with van der Waals surface area (Å²) in [5.74, 6) is 2.06. The van der Waals surface area contributed by atoms with Gasteiger partial charge in [-0.15, -0.1) is 0 Å². The standard InChI is InChI=1S/C18H21N3O5S/c1-13(14-2-4-16-17(10-14)26-12-25-16)20-18-5-3-15(11-19-18)27(22,23)21-6-8-24-9-7-21/h2-5,10-11,13H,6-9,12H2,1H3,(H,19,20). The van der Waals surface area contributed by atoms with Crippen LogP contribution in [0.4, 0.5) is 5.82 Å². The summed E-state index contributed by atoms with van der Waals surface area (Å²) in [6.45, 7) is 3.80. The molecule has 1 atom stereocenters. The number of sulfonamides is 1. The molecule has 1 aromatic carbocycles. The average molecular weight is 391 g/mol. The lowest BCUT2D eigenvalue weighted by Crippen LogP contribution is -2.40. The molecule has 8 nitrogen and oxygen atoms in total. The second-order valence-electron chi connectivity index (χ2n) is 6.37. The molecule has 0 aliphatic carbocycles. The van der Waals surface area contributed by atoms with E-state index in [0.717, 1.165) is 17.1 Å². The van der Waals surface area contributed by atoms with E-state index in [9.17, 15) is 8.42 Å². The molecule has 144 valence electrons. The average Bonchev–Trinajstić information content (AvgIpc) is 3.17. The van der Waals surface area contributed by atoms with Gasteiger partial charge in [-0.05, 0) is 36.8 Å². The molecule has 9 heteroatoms. The Bertz CT molecular complexity index is 911. The highest BCUT2D eigenvalue weighted by Gasteiger charge is 2.26. The Labute approximate surface area is 158 Å². The van der Waals surface area contributed by atoms with E-state index in [2.05, 4.69) is 10.3 Å². The lowest BCUT2D eigenvalue weighted by molar-refractivity contribution is 0.0730. The van der Waals surface area contributed by atoms with Gasteiger partial charge >= 0.3 is 0 Å². The molecular weight excluding hydrogens is 370 g/mol. The van der Waals surface area contributed by atoms with Crippen LogP contribution in [0.15, 0.2) is 41.4 Å². The fraction of sp³-hybridized carbons (Fsp3) is 0.389. The van der Waals surface area contributed by atoms with Gasteiger partial charge in [0.2, 0.25) is 16.8 Å². The number of hydrogen-bond donors (Lipinski definition) is 1. The number of hydrogen-bond acceptors (Lipinski definition) is 7. The first-order chi connectivity index (χ1) is 13.0. The van der Waals surface area contributed by atoms with E-state index in [-0.39, 0.29) is 17.7 Å². The number of fused-ring (bicyclic) bond motifs is 1. The molecule has 1 N–H and O–H groups in total. The van der Waals surface area contributed by atoms with E-state index < -0.39 is 10.0 Å². The zero-order valence-corrected chi connectivity index (χ0v) is 15.7. The van der Waals surface area contributed by atoms with Crippen molar-refractivity contribution in [2.24, 2.45) is 0 Å². The van der Waals surface area contributed by atoms with Crippen LogP contribution in [0.1, 0.15) is 18.5 Å². The third kappa shape index (κ3) is 3.71. The summed E-state index contributed by atoms with van der Waals surface area (Å²) in [6, 6.07) is 8.98. The lowest BCUT2D eigenvalue weighted by atomic mass is 10.1. The Kier molecular flexibility index (Phi) is 4.90. The van der Waals surface area contributed by atoms with E-state index in [4.69, 9.17) is 14.2 Å². The van der Waals surface area contributed by atoms with Crippen molar-refractivity contribution in [3.8, 4) is 11.5 Å². The van der Waals surface area contributed by atoms with Crippen molar-refractivity contribution < 1.29 is 22.6 Å². The molecule has 1 saturated heterocycles. The van der Waals surface area contributed by atoms with Crippen molar-refractivity contribution in [3.63, 3.8) is 0 Å². The number of ether oxygens (including phenoxy) is 3. The Morgan fingerprint density at radius 3 is 2.63 bits per heavy atom. The first-order valence-electron chi connectivity index (χ1n) is 8.74.